The maximum atomic E-state index is 12.2. The molecule has 0 aliphatic carbocycles. The molecule has 0 aromatic heterocycles. The molecule has 138 valence electrons. The Morgan fingerprint density at radius 3 is 2.77 bits per heavy atom. The average Bonchev–Trinajstić information content (AvgIpc) is 2.67. The van der Waals surface area contributed by atoms with Crippen LogP contribution in [0.25, 0.3) is 0 Å². The summed E-state index contributed by atoms with van der Waals surface area (Å²) < 4.78 is 16.4. The zero-order valence-electron chi connectivity index (χ0n) is 15.3. The van der Waals surface area contributed by atoms with Crippen LogP contribution < -0.4 is 19.5 Å². The number of methoxy groups -OCH3 is 1. The van der Waals surface area contributed by atoms with Gasteiger partial charge in [-0.25, -0.2) is 0 Å². The molecule has 1 heterocycles. The molecule has 5 heteroatoms. The van der Waals surface area contributed by atoms with E-state index >= 15 is 0 Å². The Morgan fingerprint density at radius 1 is 1.15 bits per heavy atom. The average molecular weight is 355 g/mol. The van der Waals surface area contributed by atoms with Crippen LogP contribution in [0.2, 0.25) is 0 Å². The monoisotopic (exact) mass is 355 g/mol. The number of hydrogen-bond donors (Lipinski definition) is 1. The number of amides is 1. The Morgan fingerprint density at radius 2 is 1.96 bits per heavy atom. The molecule has 0 fully saturated rings. The predicted octanol–water partition coefficient (Wildman–Crippen LogP) is 3.32. The second-order valence-corrected chi connectivity index (χ2v) is 6.46. The Bertz CT molecular complexity index is 759. The summed E-state index contributed by atoms with van der Waals surface area (Å²) in [5.41, 5.74) is 2.22. The first-order valence-electron chi connectivity index (χ1n) is 8.95. The lowest BCUT2D eigenvalue weighted by Crippen LogP contribution is -2.26. The molecule has 1 aliphatic heterocycles. The first-order chi connectivity index (χ1) is 12.7. The van der Waals surface area contributed by atoms with Crippen LogP contribution in [0.3, 0.4) is 0 Å². The van der Waals surface area contributed by atoms with E-state index in [2.05, 4.69) is 5.32 Å². The normalized spacial score (nSPS) is 13.8. The highest BCUT2D eigenvalue weighted by Gasteiger charge is 2.16. The zero-order chi connectivity index (χ0) is 18.4. The van der Waals surface area contributed by atoms with Crippen molar-refractivity contribution in [2.75, 3.05) is 26.9 Å². The van der Waals surface area contributed by atoms with Crippen LogP contribution in [0.15, 0.2) is 42.5 Å². The summed E-state index contributed by atoms with van der Waals surface area (Å²) in [4.78, 5) is 12.2. The van der Waals surface area contributed by atoms with E-state index in [1.807, 2.05) is 49.4 Å². The minimum absolute atomic E-state index is 0.0512. The highest BCUT2D eigenvalue weighted by Crippen LogP contribution is 2.33. The van der Waals surface area contributed by atoms with Crippen molar-refractivity contribution < 1.29 is 19.0 Å². The first kappa shape index (κ1) is 18.1. The number of hydrogen-bond acceptors (Lipinski definition) is 4. The predicted molar refractivity (Wildman–Crippen MR) is 100 cm³/mol. The molecule has 1 amide bonds. The summed E-state index contributed by atoms with van der Waals surface area (Å²) in [5, 5.41) is 3.00. The van der Waals surface area contributed by atoms with Gasteiger partial charge in [0.2, 0.25) is 5.91 Å². The fourth-order valence-corrected chi connectivity index (χ4v) is 3.01. The topological polar surface area (TPSA) is 56.8 Å². The lowest BCUT2D eigenvalue weighted by Gasteiger charge is -2.20. The van der Waals surface area contributed by atoms with E-state index < -0.39 is 0 Å². The van der Waals surface area contributed by atoms with E-state index in [1.54, 1.807) is 7.11 Å². The van der Waals surface area contributed by atoms with Gasteiger partial charge in [-0.05, 0) is 47.7 Å². The minimum Gasteiger partial charge on any atom is -0.497 e. The van der Waals surface area contributed by atoms with E-state index in [0.717, 1.165) is 34.8 Å². The van der Waals surface area contributed by atoms with E-state index in [-0.39, 0.29) is 11.8 Å². The van der Waals surface area contributed by atoms with E-state index in [0.29, 0.717) is 26.2 Å². The SMILES string of the molecule is COc1cccc(CCNC(=O)CC(C)c2ccc3c(c2)OCCO3)c1. The molecule has 1 unspecified atom stereocenters. The summed E-state index contributed by atoms with van der Waals surface area (Å²) in [7, 11) is 1.65. The van der Waals surface area contributed by atoms with E-state index in [9.17, 15) is 4.79 Å². The molecule has 5 nitrogen and oxygen atoms in total. The number of rotatable bonds is 7. The van der Waals surface area contributed by atoms with Crippen molar-refractivity contribution in [2.45, 2.75) is 25.7 Å². The molecule has 0 saturated heterocycles. The number of carbonyl (C=O) groups excluding carboxylic acids is 1. The van der Waals surface area contributed by atoms with Crippen LogP contribution in [0, 0.1) is 0 Å². The van der Waals surface area contributed by atoms with Crippen molar-refractivity contribution in [3.8, 4) is 17.2 Å². The Kier molecular flexibility index (Phi) is 6.00. The molecule has 1 aliphatic rings. The van der Waals surface area contributed by atoms with Gasteiger partial charge in [0.1, 0.15) is 19.0 Å². The number of fused-ring (bicyclic) bond motifs is 1. The fourth-order valence-electron chi connectivity index (χ4n) is 3.01. The van der Waals surface area contributed by atoms with Crippen LogP contribution in [-0.4, -0.2) is 32.8 Å². The molecule has 0 radical (unpaired) electrons. The van der Waals surface area contributed by atoms with Gasteiger partial charge < -0.3 is 19.5 Å². The molecule has 1 N–H and O–H groups in total. The lowest BCUT2D eigenvalue weighted by molar-refractivity contribution is -0.121. The van der Waals surface area contributed by atoms with Crippen molar-refractivity contribution in [1.82, 2.24) is 5.32 Å². The molecule has 2 aromatic rings. The number of benzene rings is 2. The van der Waals surface area contributed by atoms with Crippen LogP contribution in [0.5, 0.6) is 17.2 Å². The minimum atomic E-state index is 0.0512. The third-order valence-corrected chi connectivity index (χ3v) is 4.50. The molecule has 1 atom stereocenters. The largest absolute Gasteiger partial charge is 0.497 e. The molecule has 0 bridgehead atoms. The molecular formula is C21H25NO4. The quantitative estimate of drug-likeness (QED) is 0.828. The van der Waals surface area contributed by atoms with Crippen molar-refractivity contribution in [3.63, 3.8) is 0 Å². The van der Waals surface area contributed by atoms with Gasteiger partial charge in [-0.15, -0.1) is 0 Å². The van der Waals surface area contributed by atoms with Gasteiger partial charge in [-0.1, -0.05) is 25.1 Å². The molecular weight excluding hydrogens is 330 g/mol. The third-order valence-electron chi connectivity index (χ3n) is 4.50. The zero-order valence-corrected chi connectivity index (χ0v) is 15.3. The molecule has 3 rings (SSSR count). The van der Waals surface area contributed by atoms with Gasteiger partial charge >= 0.3 is 0 Å². The summed E-state index contributed by atoms with van der Waals surface area (Å²) in [5.74, 6) is 2.54. The summed E-state index contributed by atoms with van der Waals surface area (Å²) in [6, 6.07) is 13.8. The Hall–Kier alpha value is -2.69. The molecule has 0 saturated carbocycles. The smallest absolute Gasteiger partial charge is 0.220 e. The van der Waals surface area contributed by atoms with Gasteiger partial charge in [-0.3, -0.25) is 4.79 Å². The Labute approximate surface area is 154 Å². The van der Waals surface area contributed by atoms with Gasteiger partial charge in [0.25, 0.3) is 0 Å². The second-order valence-electron chi connectivity index (χ2n) is 6.46. The highest BCUT2D eigenvalue weighted by atomic mass is 16.6. The number of nitrogens with one attached hydrogen (secondary N) is 1. The van der Waals surface area contributed by atoms with Gasteiger partial charge in [0.15, 0.2) is 11.5 Å². The molecule has 2 aromatic carbocycles. The third kappa shape index (κ3) is 4.69. The second kappa shape index (κ2) is 8.61. The van der Waals surface area contributed by atoms with Crippen LogP contribution in [0.4, 0.5) is 0 Å². The maximum absolute atomic E-state index is 12.2. The standard InChI is InChI=1S/C21H25NO4/c1-15(17-6-7-19-20(14-17)26-11-10-25-19)12-21(23)22-9-8-16-4-3-5-18(13-16)24-2/h3-7,13-15H,8-12H2,1-2H3,(H,22,23). The molecule has 0 spiro atoms. The maximum Gasteiger partial charge on any atom is 0.220 e. The summed E-state index contributed by atoms with van der Waals surface area (Å²) >= 11 is 0. The molecule has 26 heavy (non-hydrogen) atoms. The van der Waals surface area contributed by atoms with E-state index in [4.69, 9.17) is 14.2 Å². The van der Waals surface area contributed by atoms with Crippen molar-refractivity contribution in [2.24, 2.45) is 0 Å². The van der Waals surface area contributed by atoms with Gasteiger partial charge in [0.05, 0.1) is 7.11 Å². The van der Waals surface area contributed by atoms with Crippen molar-refractivity contribution in [1.29, 1.82) is 0 Å². The highest BCUT2D eigenvalue weighted by molar-refractivity contribution is 5.76. The lowest BCUT2D eigenvalue weighted by atomic mass is 9.97. The summed E-state index contributed by atoms with van der Waals surface area (Å²) in [6.45, 7) is 3.81. The number of carbonyl (C=O) groups is 1. The van der Waals surface area contributed by atoms with Crippen LogP contribution in [0.1, 0.15) is 30.4 Å². The van der Waals surface area contributed by atoms with Crippen LogP contribution in [-0.2, 0) is 11.2 Å². The van der Waals surface area contributed by atoms with Crippen LogP contribution >= 0.6 is 0 Å². The summed E-state index contributed by atoms with van der Waals surface area (Å²) in [6.07, 6.45) is 1.22. The number of ether oxygens (including phenoxy) is 3. The fraction of sp³-hybridized carbons (Fsp3) is 0.381. The van der Waals surface area contributed by atoms with Gasteiger partial charge in [-0.2, -0.15) is 0 Å². The first-order valence-corrected chi connectivity index (χ1v) is 8.95. The van der Waals surface area contributed by atoms with Gasteiger partial charge in [0, 0.05) is 13.0 Å². The van der Waals surface area contributed by atoms with Crippen molar-refractivity contribution in [3.05, 3.63) is 53.6 Å². The Balaban J connectivity index is 1.48. The van der Waals surface area contributed by atoms with E-state index in [1.165, 1.54) is 0 Å². The van der Waals surface area contributed by atoms with Crippen molar-refractivity contribution >= 4 is 5.91 Å².